The summed E-state index contributed by atoms with van der Waals surface area (Å²) in [4.78, 5) is 12.6. The Bertz CT molecular complexity index is 668. The number of benzene rings is 1. The number of hydrogen-bond donors (Lipinski definition) is 2. The van der Waals surface area contributed by atoms with Crippen LogP contribution in [0, 0.1) is 0 Å². The van der Waals surface area contributed by atoms with E-state index in [1.54, 1.807) is 17.4 Å². The summed E-state index contributed by atoms with van der Waals surface area (Å²) < 4.78 is 0.865. The summed E-state index contributed by atoms with van der Waals surface area (Å²) >= 11 is 7.81. The fourth-order valence-electron chi connectivity index (χ4n) is 2.81. The Morgan fingerprint density at radius 2 is 2.29 bits per heavy atom. The first kappa shape index (κ1) is 14.6. The quantitative estimate of drug-likeness (QED) is 0.903. The Hall–Kier alpha value is -1.36. The molecule has 3 N–H and O–H groups in total. The Morgan fingerprint density at radius 1 is 1.43 bits per heavy atom. The lowest BCUT2D eigenvalue weighted by molar-refractivity contribution is 0.1000. The number of carbonyl (C=O) groups is 1. The number of primary amides is 1. The van der Waals surface area contributed by atoms with Gasteiger partial charge in [-0.3, -0.25) is 4.79 Å². The number of aryl methyl sites for hydroxylation is 1. The zero-order valence-electron chi connectivity index (χ0n) is 11.6. The van der Waals surface area contributed by atoms with E-state index in [2.05, 4.69) is 11.4 Å². The van der Waals surface area contributed by atoms with E-state index >= 15 is 0 Å². The molecule has 3 nitrogen and oxygen atoms in total. The highest BCUT2D eigenvalue weighted by molar-refractivity contribution is 7.16. The van der Waals surface area contributed by atoms with Crippen LogP contribution in [-0.2, 0) is 13.0 Å². The van der Waals surface area contributed by atoms with Gasteiger partial charge in [-0.2, -0.15) is 0 Å². The molecule has 1 aliphatic rings. The molecule has 3 rings (SSSR count). The molecule has 1 atom stereocenters. The van der Waals surface area contributed by atoms with Gasteiger partial charge in [-0.15, -0.1) is 11.3 Å². The number of fused-ring (bicyclic) bond motifs is 1. The Morgan fingerprint density at radius 3 is 3.10 bits per heavy atom. The molecular formula is C16H17ClN2OS. The van der Waals surface area contributed by atoms with Crippen molar-refractivity contribution in [2.24, 2.45) is 5.73 Å². The number of thiophene rings is 1. The van der Waals surface area contributed by atoms with E-state index in [0.717, 1.165) is 29.3 Å². The molecule has 0 radical (unpaired) electrons. The third kappa shape index (κ3) is 3.28. The number of amides is 1. The predicted octanol–water partition coefficient (Wildman–Crippen LogP) is 3.67. The highest BCUT2D eigenvalue weighted by Gasteiger charge is 2.22. The summed E-state index contributed by atoms with van der Waals surface area (Å²) in [6.07, 6.45) is 3.43. The van der Waals surface area contributed by atoms with Crippen LogP contribution in [0.1, 0.15) is 45.2 Å². The largest absolute Gasteiger partial charge is 0.366 e. The molecule has 1 amide bonds. The fraction of sp³-hybridized carbons (Fsp3) is 0.312. The molecule has 1 aliphatic carbocycles. The first-order valence-corrected chi connectivity index (χ1v) is 8.23. The van der Waals surface area contributed by atoms with Crippen LogP contribution in [0.3, 0.4) is 0 Å². The monoisotopic (exact) mass is 320 g/mol. The van der Waals surface area contributed by atoms with Crippen molar-refractivity contribution < 1.29 is 4.79 Å². The fourth-order valence-corrected chi connectivity index (χ4v) is 4.19. The van der Waals surface area contributed by atoms with Crippen LogP contribution >= 0.6 is 22.9 Å². The number of nitrogens with one attached hydrogen (secondary N) is 1. The molecule has 110 valence electrons. The molecule has 2 aromatic rings. The van der Waals surface area contributed by atoms with Crippen molar-refractivity contribution in [3.63, 3.8) is 0 Å². The second-order valence-corrected chi connectivity index (χ2v) is 7.09. The Balaban J connectivity index is 1.71. The molecule has 21 heavy (non-hydrogen) atoms. The lowest BCUT2D eigenvalue weighted by Gasteiger charge is -2.23. The minimum atomic E-state index is -0.388. The number of nitrogens with two attached hydrogens (primary N) is 1. The maximum Gasteiger partial charge on any atom is 0.248 e. The zero-order chi connectivity index (χ0) is 14.8. The third-order valence-electron chi connectivity index (χ3n) is 3.85. The maximum absolute atomic E-state index is 11.2. The van der Waals surface area contributed by atoms with Gasteiger partial charge < -0.3 is 11.1 Å². The van der Waals surface area contributed by atoms with Gasteiger partial charge in [0.05, 0.1) is 4.34 Å². The average Bonchev–Trinajstić information content (AvgIpc) is 2.86. The van der Waals surface area contributed by atoms with Crippen molar-refractivity contribution in [1.29, 1.82) is 0 Å². The van der Waals surface area contributed by atoms with Gasteiger partial charge in [0.2, 0.25) is 5.91 Å². The summed E-state index contributed by atoms with van der Waals surface area (Å²) in [5.74, 6) is -0.388. The van der Waals surface area contributed by atoms with E-state index in [1.165, 1.54) is 16.9 Å². The summed E-state index contributed by atoms with van der Waals surface area (Å²) in [7, 11) is 0. The summed E-state index contributed by atoms with van der Waals surface area (Å²) in [5, 5.41) is 3.57. The van der Waals surface area contributed by atoms with Crippen LogP contribution in [0.25, 0.3) is 0 Å². The van der Waals surface area contributed by atoms with Gasteiger partial charge in [0.1, 0.15) is 0 Å². The number of hydrogen-bond acceptors (Lipinski definition) is 3. The number of carbonyl (C=O) groups excluding carboxylic acids is 1. The summed E-state index contributed by atoms with van der Waals surface area (Å²) in [5.41, 5.74) is 8.27. The summed E-state index contributed by atoms with van der Waals surface area (Å²) in [6, 6.07) is 9.88. The highest BCUT2D eigenvalue weighted by Crippen LogP contribution is 2.37. The molecule has 0 spiro atoms. The number of rotatable bonds is 4. The van der Waals surface area contributed by atoms with Crippen LogP contribution in [0.2, 0.25) is 4.34 Å². The smallest absolute Gasteiger partial charge is 0.248 e. The maximum atomic E-state index is 11.2. The molecule has 1 aromatic heterocycles. The van der Waals surface area contributed by atoms with Crippen LogP contribution in [0.5, 0.6) is 0 Å². The van der Waals surface area contributed by atoms with Crippen molar-refractivity contribution >= 4 is 28.8 Å². The SMILES string of the molecule is NC(=O)c1cccc(CNC2CCCc3sc(Cl)cc32)c1. The normalized spacial score (nSPS) is 17.5. The first-order chi connectivity index (χ1) is 10.1. The second kappa shape index (κ2) is 6.18. The van der Waals surface area contributed by atoms with Gasteiger partial charge in [0.25, 0.3) is 0 Å². The minimum absolute atomic E-state index is 0.342. The van der Waals surface area contributed by atoms with E-state index in [1.807, 2.05) is 18.2 Å². The molecule has 0 aliphatic heterocycles. The van der Waals surface area contributed by atoms with E-state index in [4.69, 9.17) is 17.3 Å². The van der Waals surface area contributed by atoms with E-state index in [9.17, 15) is 4.79 Å². The van der Waals surface area contributed by atoms with Gasteiger partial charge in [-0.1, -0.05) is 23.7 Å². The first-order valence-electron chi connectivity index (χ1n) is 7.04. The molecule has 1 heterocycles. The van der Waals surface area contributed by atoms with Gasteiger partial charge in [-0.25, -0.2) is 0 Å². The van der Waals surface area contributed by atoms with Crippen molar-refractivity contribution in [2.75, 3.05) is 0 Å². The molecule has 0 saturated heterocycles. The van der Waals surface area contributed by atoms with Gasteiger partial charge in [0, 0.05) is 23.0 Å². The molecule has 5 heteroatoms. The predicted molar refractivity (Wildman–Crippen MR) is 86.8 cm³/mol. The second-order valence-electron chi connectivity index (χ2n) is 5.32. The number of halogens is 1. The Labute approximate surface area is 133 Å². The van der Waals surface area contributed by atoms with Crippen molar-refractivity contribution in [2.45, 2.75) is 31.8 Å². The standard InChI is InChI=1S/C16H17ClN2OS/c17-15-8-12-13(5-2-6-14(12)21-15)19-9-10-3-1-4-11(7-10)16(18)20/h1,3-4,7-8,13,19H,2,5-6,9H2,(H2,18,20). The average molecular weight is 321 g/mol. The molecule has 0 fully saturated rings. The van der Waals surface area contributed by atoms with Crippen molar-refractivity contribution in [3.8, 4) is 0 Å². The van der Waals surface area contributed by atoms with Gasteiger partial charge in [-0.05, 0) is 48.6 Å². The molecule has 0 bridgehead atoms. The van der Waals surface area contributed by atoms with E-state index in [-0.39, 0.29) is 5.91 Å². The highest BCUT2D eigenvalue weighted by atomic mass is 35.5. The minimum Gasteiger partial charge on any atom is -0.366 e. The molecule has 0 saturated carbocycles. The van der Waals surface area contributed by atoms with Crippen LogP contribution < -0.4 is 11.1 Å². The lowest BCUT2D eigenvalue weighted by Crippen LogP contribution is -2.24. The van der Waals surface area contributed by atoms with Crippen molar-refractivity contribution in [1.82, 2.24) is 5.32 Å². The van der Waals surface area contributed by atoms with Gasteiger partial charge >= 0.3 is 0 Å². The van der Waals surface area contributed by atoms with Crippen LogP contribution in [0.4, 0.5) is 0 Å². The molecule has 1 unspecified atom stereocenters. The molecule has 1 aromatic carbocycles. The zero-order valence-corrected chi connectivity index (χ0v) is 13.1. The van der Waals surface area contributed by atoms with E-state index < -0.39 is 0 Å². The van der Waals surface area contributed by atoms with Gasteiger partial charge in [0.15, 0.2) is 0 Å². The van der Waals surface area contributed by atoms with Crippen LogP contribution in [0.15, 0.2) is 30.3 Å². The van der Waals surface area contributed by atoms with Crippen molar-refractivity contribution in [3.05, 3.63) is 56.2 Å². The van der Waals surface area contributed by atoms with E-state index in [0.29, 0.717) is 11.6 Å². The van der Waals surface area contributed by atoms with Crippen LogP contribution in [-0.4, -0.2) is 5.91 Å². The third-order valence-corrected chi connectivity index (χ3v) is 5.19. The summed E-state index contributed by atoms with van der Waals surface area (Å²) in [6.45, 7) is 0.721. The lowest BCUT2D eigenvalue weighted by atomic mass is 9.94. The molecular weight excluding hydrogens is 304 g/mol. The Kier molecular flexibility index (Phi) is 4.29. The topological polar surface area (TPSA) is 55.1 Å².